The number of hydrogen-bond acceptors (Lipinski definition) is 17. The maximum Gasteiger partial charge on any atom is 0.330 e. The van der Waals surface area contributed by atoms with E-state index in [1.165, 1.54) is 6.92 Å². The lowest BCUT2D eigenvalue weighted by molar-refractivity contribution is -0.132. The smallest absolute Gasteiger partial charge is 0.330 e. The summed E-state index contributed by atoms with van der Waals surface area (Å²) in [5.41, 5.74) is 0.176. The standard InChI is InChI=1S/C4H6O2.8C3H8O2/c1-3(2)4(5)6;8*4-2-1-3-5/h1H2,2H3,(H,5,6);8*4-5H,1-3H2. The molecule has 0 fully saturated rings. The van der Waals surface area contributed by atoms with Gasteiger partial charge in [0.25, 0.3) is 0 Å². The van der Waals surface area contributed by atoms with Gasteiger partial charge in [0.05, 0.1) is 0 Å². The number of aliphatic hydroxyl groups excluding tert-OH is 16. The minimum absolute atomic E-state index is 0.0938. The van der Waals surface area contributed by atoms with Crippen molar-refractivity contribution in [3.8, 4) is 0 Å². The maximum atomic E-state index is 9.60. The third kappa shape index (κ3) is 213. The minimum Gasteiger partial charge on any atom is -0.478 e. The largest absolute Gasteiger partial charge is 0.478 e. The van der Waals surface area contributed by atoms with Crippen molar-refractivity contribution < 1.29 is 91.6 Å². The highest BCUT2D eigenvalue weighted by atomic mass is 16.4. The Hall–Kier alpha value is -1.43. The fraction of sp³-hybridized carbons (Fsp3) is 0.893. The number of aliphatic hydroxyl groups is 16. The number of carbonyl (C=O) groups is 1. The summed E-state index contributed by atoms with van der Waals surface area (Å²) in [6.07, 6.45) is 4.00. The van der Waals surface area contributed by atoms with E-state index in [0.29, 0.717) is 51.4 Å². The third-order valence-electron chi connectivity index (χ3n) is 2.89. The summed E-state index contributed by atoms with van der Waals surface area (Å²) in [4.78, 5) is 9.60. The second-order valence-electron chi connectivity index (χ2n) is 7.49. The van der Waals surface area contributed by atoms with Crippen LogP contribution in [0, 0.1) is 0 Å². The van der Waals surface area contributed by atoms with E-state index in [-0.39, 0.29) is 111 Å². The van der Waals surface area contributed by atoms with E-state index in [2.05, 4.69) is 6.58 Å². The highest BCUT2D eigenvalue weighted by Gasteiger charge is 1.90. The van der Waals surface area contributed by atoms with Crippen LogP contribution in [-0.2, 0) is 4.79 Å². The van der Waals surface area contributed by atoms with Crippen molar-refractivity contribution in [2.24, 2.45) is 0 Å². The Morgan fingerprint density at radius 3 is 0.391 bits per heavy atom. The van der Waals surface area contributed by atoms with Crippen LogP contribution in [-0.4, -0.2) is 198 Å². The minimum atomic E-state index is -0.935. The van der Waals surface area contributed by atoms with Crippen molar-refractivity contribution >= 4 is 5.97 Å². The Kier molecular flexibility index (Phi) is 141. The molecule has 290 valence electrons. The maximum absolute atomic E-state index is 9.60. The zero-order valence-corrected chi connectivity index (χ0v) is 27.7. The molecule has 0 spiro atoms. The summed E-state index contributed by atoms with van der Waals surface area (Å²) in [6, 6.07) is 0. The lowest BCUT2D eigenvalue weighted by Gasteiger charge is -1.79. The van der Waals surface area contributed by atoms with Crippen molar-refractivity contribution in [2.75, 3.05) is 106 Å². The van der Waals surface area contributed by atoms with Gasteiger partial charge in [-0.1, -0.05) is 6.58 Å². The van der Waals surface area contributed by atoms with Crippen molar-refractivity contribution in [1.82, 2.24) is 0 Å². The van der Waals surface area contributed by atoms with Crippen LogP contribution in [0.1, 0.15) is 58.3 Å². The second kappa shape index (κ2) is 96.7. The van der Waals surface area contributed by atoms with Gasteiger partial charge in [-0.3, -0.25) is 0 Å². The summed E-state index contributed by atoms with van der Waals surface area (Å²) in [5, 5.41) is 134. The van der Waals surface area contributed by atoms with E-state index >= 15 is 0 Å². The monoisotopic (exact) mass is 694 g/mol. The summed E-state index contributed by atoms with van der Waals surface area (Å²) >= 11 is 0. The van der Waals surface area contributed by atoms with E-state index in [9.17, 15) is 4.79 Å². The zero-order chi connectivity index (χ0) is 38.1. The molecule has 0 unspecified atom stereocenters. The lowest BCUT2D eigenvalue weighted by atomic mass is 10.4. The molecular weight excluding hydrogens is 624 g/mol. The summed E-state index contributed by atoms with van der Waals surface area (Å²) in [6.45, 7) is 6.10. The van der Waals surface area contributed by atoms with Crippen LogP contribution in [0.2, 0.25) is 0 Å². The van der Waals surface area contributed by atoms with Gasteiger partial charge < -0.3 is 86.8 Å². The van der Waals surface area contributed by atoms with Crippen LogP contribution in [0.25, 0.3) is 0 Å². The van der Waals surface area contributed by atoms with Crippen molar-refractivity contribution in [2.45, 2.75) is 58.3 Å². The highest BCUT2D eigenvalue weighted by Crippen LogP contribution is 1.81. The fourth-order valence-electron chi connectivity index (χ4n) is 0.566. The quantitative estimate of drug-likeness (QED) is 0.0638. The first-order chi connectivity index (χ1) is 22.0. The van der Waals surface area contributed by atoms with Crippen LogP contribution in [0.4, 0.5) is 0 Å². The van der Waals surface area contributed by atoms with Crippen LogP contribution >= 0.6 is 0 Å². The second-order valence-corrected chi connectivity index (χ2v) is 7.49. The molecule has 0 aromatic rings. The van der Waals surface area contributed by atoms with Crippen LogP contribution in [0.5, 0.6) is 0 Å². The Morgan fingerprint density at radius 1 is 0.326 bits per heavy atom. The lowest BCUT2D eigenvalue weighted by Crippen LogP contribution is -1.92. The molecular formula is C28H70O18. The SMILES string of the molecule is C=C(C)C(=O)O.OCCCO.OCCCO.OCCCO.OCCCO.OCCCO.OCCCO.OCCCO.OCCCO. The number of carboxylic acids is 1. The molecule has 0 bridgehead atoms. The highest BCUT2D eigenvalue weighted by molar-refractivity contribution is 5.84. The summed E-state index contributed by atoms with van der Waals surface area (Å²) < 4.78 is 0. The molecule has 0 aliphatic rings. The summed E-state index contributed by atoms with van der Waals surface area (Å²) in [5.74, 6) is -0.935. The first kappa shape index (κ1) is 66.9. The Bertz CT molecular complexity index is 309. The first-order valence-corrected chi connectivity index (χ1v) is 14.6. The Balaban J connectivity index is -0.0000000479. The number of rotatable bonds is 17. The van der Waals surface area contributed by atoms with Crippen molar-refractivity contribution in [3.05, 3.63) is 12.2 Å². The molecule has 0 saturated heterocycles. The molecule has 46 heavy (non-hydrogen) atoms. The molecule has 0 amide bonds. The molecule has 0 aliphatic carbocycles. The molecule has 0 saturated carbocycles. The molecule has 0 radical (unpaired) electrons. The predicted molar refractivity (Wildman–Crippen MR) is 173 cm³/mol. The average Bonchev–Trinajstić information content (AvgIpc) is 3.03. The van der Waals surface area contributed by atoms with Crippen molar-refractivity contribution in [1.29, 1.82) is 0 Å². The molecule has 0 aromatic carbocycles. The van der Waals surface area contributed by atoms with Crippen LogP contribution in [0.3, 0.4) is 0 Å². The van der Waals surface area contributed by atoms with Gasteiger partial charge in [-0.25, -0.2) is 4.79 Å². The van der Waals surface area contributed by atoms with Gasteiger partial charge in [-0.05, 0) is 58.3 Å². The van der Waals surface area contributed by atoms with E-state index in [1.54, 1.807) is 0 Å². The molecule has 17 N–H and O–H groups in total. The first-order valence-electron chi connectivity index (χ1n) is 14.6. The molecule has 18 heteroatoms. The van der Waals surface area contributed by atoms with Crippen molar-refractivity contribution in [3.63, 3.8) is 0 Å². The van der Waals surface area contributed by atoms with E-state index < -0.39 is 5.97 Å². The Labute approximate surface area is 274 Å². The van der Waals surface area contributed by atoms with Gasteiger partial charge in [0.15, 0.2) is 0 Å². The van der Waals surface area contributed by atoms with E-state index in [0.717, 1.165) is 0 Å². The van der Waals surface area contributed by atoms with Gasteiger partial charge in [-0.2, -0.15) is 0 Å². The van der Waals surface area contributed by atoms with Gasteiger partial charge in [0.1, 0.15) is 0 Å². The fourth-order valence-corrected chi connectivity index (χ4v) is 0.566. The van der Waals surface area contributed by atoms with Gasteiger partial charge in [-0.15, -0.1) is 0 Å². The normalized spacial score (nSPS) is 8.28. The Morgan fingerprint density at radius 2 is 0.391 bits per heavy atom. The van der Waals surface area contributed by atoms with Crippen LogP contribution in [0.15, 0.2) is 12.2 Å². The number of aliphatic carboxylic acids is 1. The molecule has 0 heterocycles. The van der Waals surface area contributed by atoms with Gasteiger partial charge in [0.2, 0.25) is 0 Å². The molecule has 0 aliphatic heterocycles. The topological polar surface area (TPSA) is 361 Å². The average molecular weight is 695 g/mol. The predicted octanol–water partition coefficient (Wildman–Crippen LogP) is -4.46. The van der Waals surface area contributed by atoms with Gasteiger partial charge >= 0.3 is 5.97 Å². The molecule has 0 aromatic heterocycles. The van der Waals surface area contributed by atoms with Gasteiger partial charge in [0, 0.05) is 111 Å². The zero-order valence-electron chi connectivity index (χ0n) is 27.7. The van der Waals surface area contributed by atoms with Crippen LogP contribution < -0.4 is 0 Å². The molecule has 18 nitrogen and oxygen atoms in total. The van der Waals surface area contributed by atoms with E-state index in [4.69, 9.17) is 86.8 Å². The molecule has 0 atom stereocenters. The number of carboxylic acid groups (broad SMARTS) is 1. The summed E-state index contributed by atoms with van der Waals surface area (Å²) in [7, 11) is 0. The number of hydrogen-bond donors (Lipinski definition) is 17. The third-order valence-corrected chi connectivity index (χ3v) is 2.89. The van der Waals surface area contributed by atoms with E-state index in [1.807, 2.05) is 0 Å². The molecule has 0 rings (SSSR count).